The molecule has 0 saturated heterocycles. The lowest BCUT2D eigenvalue weighted by Crippen LogP contribution is -2.24. The first kappa shape index (κ1) is 8.25. The van der Waals surface area contributed by atoms with E-state index in [2.05, 4.69) is 0 Å². The van der Waals surface area contributed by atoms with Crippen molar-refractivity contribution in [2.75, 3.05) is 0 Å². The van der Waals surface area contributed by atoms with E-state index < -0.39 is 29.9 Å². The number of hydrogen-bond donors (Lipinski definition) is 3. The van der Waals surface area contributed by atoms with Crippen molar-refractivity contribution in [3.8, 4) is 0 Å². The van der Waals surface area contributed by atoms with E-state index in [-0.39, 0.29) is 5.57 Å². The Bertz CT molecular complexity index is 305. The van der Waals surface area contributed by atoms with Gasteiger partial charge in [0.25, 0.3) is 11.8 Å². The van der Waals surface area contributed by atoms with E-state index in [9.17, 15) is 14.4 Å². The van der Waals surface area contributed by atoms with Gasteiger partial charge in [-0.2, -0.15) is 0 Å². The van der Waals surface area contributed by atoms with Crippen LogP contribution >= 0.6 is 0 Å². The van der Waals surface area contributed by atoms with Crippen molar-refractivity contribution < 1.29 is 19.5 Å². The van der Waals surface area contributed by atoms with Gasteiger partial charge in [-0.1, -0.05) is 0 Å². The molecule has 0 unspecified atom stereocenters. The van der Waals surface area contributed by atoms with Gasteiger partial charge in [0.2, 0.25) is 5.91 Å². The third kappa shape index (κ3) is 1.26. The minimum atomic E-state index is -0.892. The lowest BCUT2D eigenvalue weighted by atomic mass is 10.2. The number of carbonyl (C=O) groups is 3. The second-order valence-electron chi connectivity index (χ2n) is 2.25. The number of primary amides is 1. The first-order valence-corrected chi connectivity index (χ1v) is 3.08. The van der Waals surface area contributed by atoms with Gasteiger partial charge in [0.15, 0.2) is 5.76 Å². The molecule has 12 heavy (non-hydrogen) atoms. The van der Waals surface area contributed by atoms with Gasteiger partial charge in [-0.15, -0.1) is 0 Å². The maximum Gasteiger partial charge on any atom is 0.293 e. The third-order valence-corrected chi connectivity index (χ3v) is 1.35. The van der Waals surface area contributed by atoms with Gasteiger partial charge in [0.05, 0.1) is 12.0 Å². The van der Waals surface area contributed by atoms with Gasteiger partial charge in [-0.25, -0.2) is 0 Å². The Hall–Kier alpha value is -1.85. The fraction of sp³-hybridized carbons (Fsp3) is 0.167. The summed E-state index contributed by atoms with van der Waals surface area (Å²) in [5, 5.41) is 10.7. The smallest absolute Gasteiger partial charge is 0.293 e. The molecule has 0 aromatic carbocycles. The van der Waals surface area contributed by atoms with Gasteiger partial charge < -0.3 is 10.8 Å². The van der Waals surface area contributed by atoms with E-state index in [0.29, 0.717) is 0 Å². The third-order valence-electron chi connectivity index (χ3n) is 1.35. The highest BCUT2D eigenvalue weighted by atomic mass is 16.3. The number of imide groups is 1. The van der Waals surface area contributed by atoms with Crippen LogP contribution in [0.25, 0.3) is 0 Å². The molecule has 0 aromatic rings. The topological polar surface area (TPSA) is 109 Å². The summed E-state index contributed by atoms with van der Waals surface area (Å²) in [5.41, 5.74) is 4.50. The molecule has 4 N–H and O–H groups in total. The van der Waals surface area contributed by atoms with Crippen LogP contribution in [0, 0.1) is 0 Å². The summed E-state index contributed by atoms with van der Waals surface area (Å²) < 4.78 is 0. The van der Waals surface area contributed by atoms with Crippen LogP contribution in [0.1, 0.15) is 6.42 Å². The molecule has 3 amide bonds. The molecule has 0 bridgehead atoms. The molecular weight excluding hydrogens is 164 g/mol. The summed E-state index contributed by atoms with van der Waals surface area (Å²) in [6, 6.07) is 0. The van der Waals surface area contributed by atoms with Crippen LogP contribution in [-0.4, -0.2) is 22.8 Å². The summed E-state index contributed by atoms with van der Waals surface area (Å²) in [4.78, 5) is 31.7. The number of nitrogens with two attached hydrogens (primary N) is 1. The Balaban J connectivity index is 2.93. The van der Waals surface area contributed by atoms with E-state index in [4.69, 9.17) is 10.8 Å². The fourth-order valence-electron chi connectivity index (χ4n) is 0.821. The van der Waals surface area contributed by atoms with Crippen molar-refractivity contribution in [3.63, 3.8) is 0 Å². The fourth-order valence-corrected chi connectivity index (χ4v) is 0.821. The predicted octanol–water partition coefficient (Wildman–Crippen LogP) is -1.67. The normalized spacial score (nSPS) is 16.7. The maximum absolute atomic E-state index is 10.8. The number of aliphatic hydroxyl groups is 1. The Kier molecular flexibility index (Phi) is 1.82. The second kappa shape index (κ2) is 2.65. The van der Waals surface area contributed by atoms with Crippen LogP contribution in [0.4, 0.5) is 0 Å². The van der Waals surface area contributed by atoms with Crippen molar-refractivity contribution in [1.29, 1.82) is 0 Å². The minimum absolute atomic E-state index is 0.271. The Morgan fingerprint density at radius 2 is 2.00 bits per heavy atom. The molecule has 1 aliphatic rings. The molecule has 0 radical (unpaired) electrons. The molecule has 0 fully saturated rings. The number of aliphatic hydroxyl groups excluding tert-OH is 1. The summed E-state index contributed by atoms with van der Waals surface area (Å²) in [6.45, 7) is 0. The van der Waals surface area contributed by atoms with Crippen LogP contribution in [0.2, 0.25) is 0 Å². The average molecular weight is 170 g/mol. The van der Waals surface area contributed by atoms with Crippen molar-refractivity contribution in [2.45, 2.75) is 6.42 Å². The van der Waals surface area contributed by atoms with Crippen molar-refractivity contribution in [1.82, 2.24) is 5.32 Å². The van der Waals surface area contributed by atoms with E-state index in [1.54, 1.807) is 0 Å². The molecule has 1 heterocycles. The summed E-state index contributed by atoms with van der Waals surface area (Å²) in [5.74, 6) is -3.16. The first-order chi connectivity index (χ1) is 5.52. The summed E-state index contributed by atoms with van der Waals surface area (Å²) in [6.07, 6.45) is -0.427. The van der Waals surface area contributed by atoms with Crippen molar-refractivity contribution >= 4 is 17.7 Å². The maximum atomic E-state index is 10.8. The van der Waals surface area contributed by atoms with Crippen LogP contribution in [0.15, 0.2) is 11.3 Å². The van der Waals surface area contributed by atoms with Gasteiger partial charge in [0, 0.05) is 0 Å². The van der Waals surface area contributed by atoms with Crippen LogP contribution in [-0.2, 0) is 14.4 Å². The van der Waals surface area contributed by atoms with Gasteiger partial charge in [-0.3, -0.25) is 19.7 Å². The van der Waals surface area contributed by atoms with E-state index in [1.165, 1.54) is 0 Å². The number of hydrogen-bond acceptors (Lipinski definition) is 4. The van der Waals surface area contributed by atoms with E-state index in [0.717, 1.165) is 0 Å². The first-order valence-electron chi connectivity index (χ1n) is 3.08. The molecule has 6 nitrogen and oxygen atoms in total. The SMILES string of the molecule is NC(=O)CC1=C(O)C(=O)NC1=O. The Morgan fingerprint density at radius 3 is 2.33 bits per heavy atom. The molecule has 0 atom stereocenters. The largest absolute Gasteiger partial charge is 0.503 e. The summed E-state index contributed by atoms with van der Waals surface area (Å²) in [7, 11) is 0. The zero-order chi connectivity index (χ0) is 9.30. The number of amides is 3. The summed E-state index contributed by atoms with van der Waals surface area (Å²) >= 11 is 0. The Morgan fingerprint density at radius 1 is 1.42 bits per heavy atom. The molecule has 0 spiro atoms. The van der Waals surface area contributed by atoms with Crippen molar-refractivity contribution in [3.05, 3.63) is 11.3 Å². The molecule has 1 rings (SSSR count). The monoisotopic (exact) mass is 170 g/mol. The van der Waals surface area contributed by atoms with E-state index in [1.807, 2.05) is 5.32 Å². The quantitative estimate of drug-likeness (QED) is 0.430. The van der Waals surface area contributed by atoms with Gasteiger partial charge >= 0.3 is 0 Å². The number of nitrogens with one attached hydrogen (secondary N) is 1. The zero-order valence-electron chi connectivity index (χ0n) is 5.96. The van der Waals surface area contributed by atoms with Crippen LogP contribution in [0.5, 0.6) is 0 Å². The minimum Gasteiger partial charge on any atom is -0.503 e. The molecule has 64 valence electrons. The van der Waals surface area contributed by atoms with Crippen LogP contribution < -0.4 is 11.1 Å². The molecule has 0 aliphatic carbocycles. The molecular formula is C6H6N2O4. The molecule has 1 aliphatic heterocycles. The van der Waals surface area contributed by atoms with Crippen molar-refractivity contribution in [2.24, 2.45) is 5.73 Å². The predicted molar refractivity (Wildman–Crippen MR) is 36.6 cm³/mol. The van der Waals surface area contributed by atoms with Gasteiger partial charge in [-0.05, 0) is 0 Å². The highest BCUT2D eigenvalue weighted by molar-refractivity contribution is 6.19. The molecule has 6 heteroatoms. The van der Waals surface area contributed by atoms with E-state index >= 15 is 0 Å². The second-order valence-corrected chi connectivity index (χ2v) is 2.25. The highest BCUT2D eigenvalue weighted by Gasteiger charge is 2.30. The lowest BCUT2D eigenvalue weighted by molar-refractivity contribution is -0.126. The number of rotatable bonds is 2. The van der Waals surface area contributed by atoms with Crippen LogP contribution in [0.3, 0.4) is 0 Å². The standard InChI is InChI=1S/C6H6N2O4/c7-3(9)1-2-4(10)6(12)8-5(2)11/h1H2,(H2,7,9)(H2,8,10,11,12). The number of carbonyl (C=O) groups excluding carboxylic acids is 3. The molecule has 0 aromatic heterocycles. The Labute approximate surface area is 67.0 Å². The average Bonchev–Trinajstić information content (AvgIpc) is 2.16. The van der Waals surface area contributed by atoms with Gasteiger partial charge in [0.1, 0.15) is 0 Å². The lowest BCUT2D eigenvalue weighted by Gasteiger charge is -1.93. The highest BCUT2D eigenvalue weighted by Crippen LogP contribution is 2.12. The zero-order valence-corrected chi connectivity index (χ0v) is 5.96. The molecule has 0 saturated carbocycles.